The van der Waals surface area contributed by atoms with E-state index in [1.807, 2.05) is 57.0 Å². The summed E-state index contributed by atoms with van der Waals surface area (Å²) in [5.74, 6) is 1.88. The third-order valence-electron chi connectivity index (χ3n) is 2.97. The van der Waals surface area contributed by atoms with Crippen LogP contribution in [0.5, 0.6) is 5.75 Å². The minimum atomic E-state index is 0.0655. The Morgan fingerprint density at radius 3 is 2.68 bits per heavy atom. The smallest absolute Gasteiger partial charge is 0.130 e. The Balaban J connectivity index is 2.31. The van der Waals surface area contributed by atoms with Crippen LogP contribution in [-0.2, 0) is 7.05 Å². The van der Waals surface area contributed by atoms with Crippen LogP contribution in [0.25, 0.3) is 0 Å². The lowest BCUT2D eigenvalue weighted by atomic mass is 10.1. The summed E-state index contributed by atoms with van der Waals surface area (Å²) in [5.41, 5.74) is 1.15. The molecular weight excluding hydrogens is 238 g/mol. The minimum Gasteiger partial charge on any atom is -0.491 e. The summed E-state index contributed by atoms with van der Waals surface area (Å²) in [6, 6.07) is 8.21. The van der Waals surface area contributed by atoms with Gasteiger partial charge in [-0.2, -0.15) is 0 Å². The van der Waals surface area contributed by atoms with Crippen molar-refractivity contribution < 1.29 is 4.74 Å². The van der Waals surface area contributed by atoms with Crippen molar-refractivity contribution in [3.05, 3.63) is 48.0 Å². The van der Waals surface area contributed by atoms with Crippen molar-refractivity contribution in [1.82, 2.24) is 14.9 Å². The summed E-state index contributed by atoms with van der Waals surface area (Å²) >= 11 is 0. The van der Waals surface area contributed by atoms with Gasteiger partial charge < -0.3 is 14.6 Å². The minimum absolute atomic E-state index is 0.0655. The second-order valence-corrected chi connectivity index (χ2v) is 4.86. The van der Waals surface area contributed by atoms with Gasteiger partial charge >= 0.3 is 0 Å². The van der Waals surface area contributed by atoms with Gasteiger partial charge in [0, 0.05) is 19.4 Å². The summed E-state index contributed by atoms with van der Waals surface area (Å²) in [7, 11) is 3.94. The maximum Gasteiger partial charge on any atom is 0.130 e. The predicted molar refractivity (Wildman–Crippen MR) is 76.3 cm³/mol. The van der Waals surface area contributed by atoms with E-state index >= 15 is 0 Å². The Morgan fingerprint density at radius 1 is 1.32 bits per heavy atom. The van der Waals surface area contributed by atoms with Crippen LogP contribution in [0.15, 0.2) is 36.7 Å². The van der Waals surface area contributed by atoms with Crippen molar-refractivity contribution in [2.75, 3.05) is 7.05 Å². The largest absolute Gasteiger partial charge is 0.491 e. The Hall–Kier alpha value is -1.81. The fourth-order valence-electron chi connectivity index (χ4n) is 2.14. The highest BCUT2D eigenvalue weighted by Crippen LogP contribution is 2.24. The van der Waals surface area contributed by atoms with E-state index in [4.69, 9.17) is 4.74 Å². The molecule has 102 valence electrons. The van der Waals surface area contributed by atoms with Crippen molar-refractivity contribution in [1.29, 1.82) is 0 Å². The number of ether oxygens (including phenoxy) is 1. The van der Waals surface area contributed by atoms with E-state index in [9.17, 15) is 0 Å². The van der Waals surface area contributed by atoms with E-state index < -0.39 is 0 Å². The number of aromatic nitrogens is 2. The van der Waals surface area contributed by atoms with Crippen LogP contribution in [0.1, 0.15) is 31.3 Å². The fraction of sp³-hybridized carbons (Fsp3) is 0.400. The van der Waals surface area contributed by atoms with Gasteiger partial charge in [0.15, 0.2) is 0 Å². The summed E-state index contributed by atoms with van der Waals surface area (Å²) in [6.07, 6.45) is 3.94. The van der Waals surface area contributed by atoms with Crippen molar-refractivity contribution in [2.45, 2.75) is 26.0 Å². The zero-order valence-corrected chi connectivity index (χ0v) is 11.9. The molecule has 0 spiro atoms. The molecule has 0 aliphatic heterocycles. The molecule has 0 saturated carbocycles. The van der Waals surface area contributed by atoms with E-state index in [1.165, 1.54) is 0 Å². The topological polar surface area (TPSA) is 39.1 Å². The van der Waals surface area contributed by atoms with Crippen LogP contribution in [-0.4, -0.2) is 22.7 Å². The van der Waals surface area contributed by atoms with Gasteiger partial charge in [0.1, 0.15) is 11.6 Å². The van der Waals surface area contributed by atoms with Gasteiger partial charge in [0.25, 0.3) is 0 Å². The second-order valence-electron chi connectivity index (χ2n) is 4.86. The summed E-state index contributed by atoms with van der Waals surface area (Å²) in [4.78, 5) is 4.41. The number of hydrogen-bond donors (Lipinski definition) is 1. The van der Waals surface area contributed by atoms with Gasteiger partial charge in [-0.1, -0.05) is 12.1 Å². The monoisotopic (exact) mass is 259 g/mol. The summed E-state index contributed by atoms with van der Waals surface area (Å²) in [5, 5.41) is 3.30. The SMILES string of the molecule is CNC(c1cccc(OC(C)C)c1)c1nccn1C. The fourth-order valence-corrected chi connectivity index (χ4v) is 2.14. The molecule has 0 bridgehead atoms. The van der Waals surface area contributed by atoms with Gasteiger partial charge in [-0.05, 0) is 38.6 Å². The first kappa shape index (κ1) is 13.6. The average molecular weight is 259 g/mol. The van der Waals surface area contributed by atoms with E-state index in [0.29, 0.717) is 0 Å². The van der Waals surface area contributed by atoms with Crippen LogP contribution < -0.4 is 10.1 Å². The molecule has 1 heterocycles. The second kappa shape index (κ2) is 5.89. The molecule has 4 heteroatoms. The molecule has 0 aliphatic carbocycles. The first-order valence-electron chi connectivity index (χ1n) is 6.53. The molecule has 1 aromatic heterocycles. The zero-order chi connectivity index (χ0) is 13.8. The molecule has 1 unspecified atom stereocenters. The molecule has 1 N–H and O–H groups in total. The van der Waals surface area contributed by atoms with Crippen LogP contribution in [0, 0.1) is 0 Å². The van der Waals surface area contributed by atoms with Gasteiger partial charge in [-0.3, -0.25) is 0 Å². The van der Waals surface area contributed by atoms with Crippen molar-refractivity contribution in [3.63, 3.8) is 0 Å². The maximum atomic E-state index is 5.74. The highest BCUT2D eigenvalue weighted by molar-refractivity contribution is 5.33. The highest BCUT2D eigenvalue weighted by Gasteiger charge is 2.16. The molecule has 0 saturated heterocycles. The molecule has 0 aliphatic rings. The van der Waals surface area contributed by atoms with Gasteiger partial charge in [-0.25, -0.2) is 4.98 Å². The standard InChI is InChI=1S/C15H21N3O/c1-11(2)19-13-7-5-6-12(10-13)14(16-3)15-17-8-9-18(15)4/h5-11,14,16H,1-4H3. The van der Waals surface area contributed by atoms with E-state index in [-0.39, 0.29) is 12.1 Å². The average Bonchev–Trinajstić information content (AvgIpc) is 2.77. The molecule has 19 heavy (non-hydrogen) atoms. The number of nitrogens with zero attached hydrogens (tertiary/aromatic N) is 2. The van der Waals surface area contributed by atoms with E-state index in [0.717, 1.165) is 17.1 Å². The number of hydrogen-bond acceptors (Lipinski definition) is 3. The van der Waals surface area contributed by atoms with Gasteiger partial charge in [0.2, 0.25) is 0 Å². The molecule has 4 nitrogen and oxygen atoms in total. The maximum absolute atomic E-state index is 5.74. The van der Waals surface area contributed by atoms with Crippen molar-refractivity contribution in [2.24, 2.45) is 7.05 Å². The van der Waals surface area contributed by atoms with Crippen molar-refractivity contribution in [3.8, 4) is 5.75 Å². The Bertz CT molecular complexity index is 534. The lowest BCUT2D eigenvalue weighted by Crippen LogP contribution is -2.21. The summed E-state index contributed by atoms with van der Waals surface area (Å²) < 4.78 is 7.77. The molecule has 0 fully saturated rings. The van der Waals surface area contributed by atoms with Crippen LogP contribution in [0.3, 0.4) is 0 Å². The lowest BCUT2D eigenvalue weighted by Gasteiger charge is -2.18. The number of imidazole rings is 1. The molecule has 1 aromatic carbocycles. The van der Waals surface area contributed by atoms with E-state index in [1.54, 1.807) is 0 Å². The lowest BCUT2D eigenvalue weighted by molar-refractivity contribution is 0.242. The third kappa shape index (κ3) is 3.15. The molecular formula is C15H21N3O. The van der Waals surface area contributed by atoms with E-state index in [2.05, 4.69) is 22.4 Å². The Labute approximate surface area is 114 Å². The zero-order valence-electron chi connectivity index (χ0n) is 11.9. The third-order valence-corrected chi connectivity index (χ3v) is 2.97. The Kier molecular flexibility index (Phi) is 4.22. The number of aryl methyl sites for hydroxylation is 1. The quantitative estimate of drug-likeness (QED) is 0.896. The molecule has 1 atom stereocenters. The van der Waals surface area contributed by atoms with Crippen LogP contribution >= 0.6 is 0 Å². The molecule has 0 amide bonds. The molecule has 0 radical (unpaired) electrons. The Morgan fingerprint density at radius 2 is 2.11 bits per heavy atom. The number of rotatable bonds is 5. The molecule has 2 aromatic rings. The molecule has 2 rings (SSSR count). The van der Waals surface area contributed by atoms with Gasteiger partial charge in [-0.15, -0.1) is 0 Å². The predicted octanol–water partition coefficient (Wildman–Crippen LogP) is 2.52. The first-order chi connectivity index (χ1) is 9.11. The van der Waals surface area contributed by atoms with Crippen molar-refractivity contribution >= 4 is 0 Å². The number of nitrogens with one attached hydrogen (secondary N) is 1. The van der Waals surface area contributed by atoms with Crippen LogP contribution in [0.2, 0.25) is 0 Å². The number of benzene rings is 1. The summed E-state index contributed by atoms with van der Waals surface area (Å²) in [6.45, 7) is 4.06. The first-order valence-corrected chi connectivity index (χ1v) is 6.53. The van der Waals surface area contributed by atoms with Gasteiger partial charge in [0.05, 0.1) is 12.1 Å². The highest BCUT2D eigenvalue weighted by atomic mass is 16.5. The normalized spacial score (nSPS) is 12.7. The van der Waals surface area contributed by atoms with Crippen LogP contribution in [0.4, 0.5) is 0 Å².